The number of amides is 2. The monoisotopic (exact) mass is 261 g/mol. The number of hydrogen-bond acceptors (Lipinski definition) is 4. The van der Waals surface area contributed by atoms with E-state index >= 15 is 0 Å². The number of carbonyl (C=O) groups is 2. The van der Waals surface area contributed by atoms with E-state index in [2.05, 4.69) is 0 Å². The summed E-state index contributed by atoms with van der Waals surface area (Å²) in [6.07, 6.45) is 1.35. The van der Waals surface area contributed by atoms with E-state index in [0.29, 0.717) is 17.1 Å². The van der Waals surface area contributed by atoms with Gasteiger partial charge in [-0.15, -0.1) is 0 Å². The summed E-state index contributed by atoms with van der Waals surface area (Å²) in [6, 6.07) is 5.31. The van der Waals surface area contributed by atoms with Crippen molar-refractivity contribution in [2.75, 3.05) is 14.2 Å². The Morgan fingerprint density at radius 2 is 1.79 bits per heavy atom. The Morgan fingerprint density at radius 3 is 2.32 bits per heavy atom. The molecule has 0 saturated carbocycles. The van der Waals surface area contributed by atoms with Gasteiger partial charge in [0.25, 0.3) is 11.8 Å². The first-order valence-corrected chi connectivity index (χ1v) is 5.82. The van der Waals surface area contributed by atoms with Crippen molar-refractivity contribution in [3.63, 3.8) is 0 Å². The SMILES string of the molecule is COc1ccc(CN2C(=O)C=C(C)C2=O)cc1OC. The van der Waals surface area contributed by atoms with Crippen LogP contribution in [0.5, 0.6) is 11.5 Å². The summed E-state index contributed by atoms with van der Waals surface area (Å²) >= 11 is 0. The Kier molecular flexibility index (Phi) is 3.55. The Labute approximate surface area is 111 Å². The lowest BCUT2D eigenvalue weighted by atomic mass is 10.2. The second-order valence-electron chi connectivity index (χ2n) is 4.25. The minimum atomic E-state index is -0.280. The Hall–Kier alpha value is -2.30. The van der Waals surface area contributed by atoms with Crippen molar-refractivity contribution in [3.8, 4) is 11.5 Å². The number of benzene rings is 1. The third-order valence-corrected chi connectivity index (χ3v) is 2.98. The van der Waals surface area contributed by atoms with Crippen LogP contribution in [0.4, 0.5) is 0 Å². The van der Waals surface area contributed by atoms with Crippen molar-refractivity contribution in [3.05, 3.63) is 35.4 Å². The molecule has 1 aliphatic heterocycles. The fourth-order valence-corrected chi connectivity index (χ4v) is 1.95. The fraction of sp³-hybridized carbons (Fsp3) is 0.286. The Bertz CT molecular complexity index is 563. The largest absolute Gasteiger partial charge is 0.493 e. The topological polar surface area (TPSA) is 55.8 Å². The third kappa shape index (κ3) is 2.45. The van der Waals surface area contributed by atoms with Crippen LogP contribution in [0.2, 0.25) is 0 Å². The number of nitrogens with zero attached hydrogens (tertiary/aromatic N) is 1. The zero-order chi connectivity index (χ0) is 14.0. The average Bonchev–Trinajstić information content (AvgIpc) is 2.65. The molecule has 0 saturated heterocycles. The number of hydrogen-bond donors (Lipinski definition) is 0. The van der Waals surface area contributed by atoms with Crippen molar-refractivity contribution in [2.45, 2.75) is 13.5 Å². The van der Waals surface area contributed by atoms with Crippen molar-refractivity contribution in [2.24, 2.45) is 0 Å². The fourth-order valence-electron chi connectivity index (χ4n) is 1.95. The molecule has 0 fully saturated rings. The summed E-state index contributed by atoms with van der Waals surface area (Å²) in [6.45, 7) is 1.86. The highest BCUT2D eigenvalue weighted by Gasteiger charge is 2.28. The van der Waals surface area contributed by atoms with E-state index in [9.17, 15) is 9.59 Å². The Morgan fingerprint density at radius 1 is 1.11 bits per heavy atom. The molecule has 100 valence electrons. The molecule has 1 aliphatic rings. The average molecular weight is 261 g/mol. The smallest absolute Gasteiger partial charge is 0.256 e. The number of ether oxygens (including phenoxy) is 2. The molecule has 0 aliphatic carbocycles. The highest BCUT2D eigenvalue weighted by atomic mass is 16.5. The molecule has 2 rings (SSSR count). The van der Waals surface area contributed by atoms with Gasteiger partial charge in [0.1, 0.15) is 0 Å². The molecule has 1 aromatic rings. The minimum Gasteiger partial charge on any atom is -0.493 e. The number of imide groups is 1. The first-order valence-electron chi connectivity index (χ1n) is 5.82. The standard InChI is InChI=1S/C14H15NO4/c1-9-6-13(16)15(14(9)17)8-10-4-5-11(18-2)12(7-10)19-3/h4-7H,8H2,1-3H3. The van der Waals surface area contributed by atoms with E-state index in [1.165, 1.54) is 11.0 Å². The van der Waals surface area contributed by atoms with Crippen molar-refractivity contribution in [1.82, 2.24) is 4.90 Å². The van der Waals surface area contributed by atoms with Crippen LogP contribution >= 0.6 is 0 Å². The van der Waals surface area contributed by atoms with E-state index in [-0.39, 0.29) is 18.4 Å². The van der Waals surface area contributed by atoms with Gasteiger partial charge < -0.3 is 9.47 Å². The summed E-state index contributed by atoms with van der Waals surface area (Å²) in [4.78, 5) is 24.6. The highest BCUT2D eigenvalue weighted by Crippen LogP contribution is 2.28. The molecule has 0 atom stereocenters. The quantitative estimate of drug-likeness (QED) is 0.771. The zero-order valence-corrected chi connectivity index (χ0v) is 11.1. The van der Waals surface area contributed by atoms with Crippen molar-refractivity contribution < 1.29 is 19.1 Å². The molecule has 5 heteroatoms. The van der Waals surface area contributed by atoms with E-state index in [0.717, 1.165) is 5.56 Å². The molecule has 5 nitrogen and oxygen atoms in total. The van der Waals surface area contributed by atoms with Crippen molar-refractivity contribution >= 4 is 11.8 Å². The first-order chi connectivity index (χ1) is 9.06. The maximum atomic E-state index is 11.8. The maximum Gasteiger partial charge on any atom is 0.256 e. The van der Waals surface area contributed by atoms with Gasteiger partial charge in [0, 0.05) is 11.6 Å². The van der Waals surface area contributed by atoms with Crippen LogP contribution in [-0.2, 0) is 16.1 Å². The van der Waals surface area contributed by atoms with Gasteiger partial charge in [-0.25, -0.2) is 0 Å². The van der Waals surface area contributed by atoms with E-state index in [1.807, 2.05) is 0 Å². The molecule has 0 N–H and O–H groups in total. The van der Waals surface area contributed by atoms with Gasteiger partial charge in [-0.3, -0.25) is 14.5 Å². The van der Waals surface area contributed by atoms with Crippen molar-refractivity contribution in [1.29, 1.82) is 0 Å². The second-order valence-corrected chi connectivity index (χ2v) is 4.25. The second kappa shape index (κ2) is 5.14. The van der Waals surface area contributed by atoms with Crippen LogP contribution < -0.4 is 9.47 Å². The molecule has 0 radical (unpaired) electrons. The minimum absolute atomic E-state index is 0.228. The number of rotatable bonds is 4. The van der Waals surface area contributed by atoms with E-state index in [4.69, 9.17) is 9.47 Å². The van der Waals surface area contributed by atoms with Gasteiger partial charge in [0.05, 0.1) is 20.8 Å². The first kappa shape index (κ1) is 13.1. The molecule has 1 heterocycles. The maximum absolute atomic E-state index is 11.8. The molecule has 1 aromatic carbocycles. The normalized spacial score (nSPS) is 14.7. The van der Waals surface area contributed by atoms with Gasteiger partial charge in [0.15, 0.2) is 11.5 Å². The van der Waals surface area contributed by atoms with Crippen LogP contribution in [0.1, 0.15) is 12.5 Å². The molecule has 19 heavy (non-hydrogen) atoms. The van der Waals surface area contributed by atoms with Crippen LogP contribution in [0.15, 0.2) is 29.8 Å². The number of methoxy groups -OCH3 is 2. The van der Waals surface area contributed by atoms with Crippen LogP contribution in [0.25, 0.3) is 0 Å². The van der Waals surface area contributed by atoms with Crippen LogP contribution in [-0.4, -0.2) is 30.9 Å². The molecule has 0 spiro atoms. The summed E-state index contributed by atoms with van der Waals surface area (Å²) in [5, 5.41) is 0. The molecule has 0 bridgehead atoms. The zero-order valence-electron chi connectivity index (χ0n) is 11.1. The molecular weight excluding hydrogens is 246 g/mol. The van der Waals surface area contributed by atoms with Crippen LogP contribution in [0.3, 0.4) is 0 Å². The summed E-state index contributed by atoms with van der Waals surface area (Å²) in [5.74, 6) is 0.653. The highest BCUT2D eigenvalue weighted by molar-refractivity contribution is 6.15. The summed E-state index contributed by atoms with van der Waals surface area (Å²) in [5.41, 5.74) is 1.27. The lowest BCUT2D eigenvalue weighted by Crippen LogP contribution is -2.30. The molecule has 0 aromatic heterocycles. The predicted octanol–water partition coefficient (Wildman–Crippen LogP) is 1.52. The predicted molar refractivity (Wildman–Crippen MR) is 68.9 cm³/mol. The van der Waals surface area contributed by atoms with Gasteiger partial charge in [0.2, 0.25) is 0 Å². The molecule has 0 unspecified atom stereocenters. The third-order valence-electron chi connectivity index (χ3n) is 2.98. The Balaban J connectivity index is 2.21. The van der Waals surface area contributed by atoms with Gasteiger partial charge >= 0.3 is 0 Å². The summed E-state index contributed by atoms with van der Waals surface area (Å²) in [7, 11) is 3.10. The summed E-state index contributed by atoms with van der Waals surface area (Å²) < 4.78 is 10.3. The van der Waals surface area contributed by atoms with E-state index < -0.39 is 0 Å². The van der Waals surface area contributed by atoms with E-state index in [1.54, 1.807) is 39.3 Å². The van der Waals surface area contributed by atoms with Gasteiger partial charge in [-0.2, -0.15) is 0 Å². The number of carbonyl (C=O) groups excluding carboxylic acids is 2. The molecular formula is C14H15NO4. The lowest BCUT2D eigenvalue weighted by molar-refractivity contribution is -0.137. The lowest BCUT2D eigenvalue weighted by Gasteiger charge is -2.16. The van der Waals surface area contributed by atoms with Gasteiger partial charge in [-0.1, -0.05) is 6.07 Å². The molecule has 2 amide bonds. The van der Waals surface area contributed by atoms with Crippen LogP contribution in [0, 0.1) is 0 Å². The van der Waals surface area contributed by atoms with Gasteiger partial charge in [-0.05, 0) is 24.6 Å².